The van der Waals surface area contributed by atoms with Gasteiger partial charge in [-0.3, -0.25) is 4.79 Å². The van der Waals surface area contributed by atoms with E-state index in [0.717, 1.165) is 24.4 Å². The van der Waals surface area contributed by atoms with Gasteiger partial charge in [-0.05, 0) is 30.3 Å². The first-order valence-electron chi connectivity index (χ1n) is 5.99. The van der Waals surface area contributed by atoms with E-state index >= 15 is 0 Å². The van der Waals surface area contributed by atoms with Crippen LogP contribution in [-0.2, 0) is 0 Å². The van der Waals surface area contributed by atoms with E-state index < -0.39 is 23.2 Å². The molecule has 22 heavy (non-hydrogen) atoms. The summed E-state index contributed by atoms with van der Waals surface area (Å²) in [7, 11) is 0. The van der Waals surface area contributed by atoms with E-state index in [9.17, 15) is 25.2 Å². The number of hydrazone groups is 1. The Bertz CT molecular complexity index is 757. The van der Waals surface area contributed by atoms with Crippen molar-refractivity contribution < 1.29 is 30.3 Å². The highest BCUT2D eigenvalue weighted by atomic mass is 16.3. The number of nitrogens with one attached hydrogen (secondary N) is 1. The number of benzene rings is 2. The maximum absolute atomic E-state index is 11.8. The molecule has 0 saturated heterocycles. The fourth-order valence-electron chi connectivity index (χ4n) is 1.62. The zero-order chi connectivity index (χ0) is 16.3. The second-order valence-corrected chi connectivity index (χ2v) is 4.27. The molecule has 0 aliphatic carbocycles. The summed E-state index contributed by atoms with van der Waals surface area (Å²) in [6.45, 7) is 0. The molecule has 0 atom stereocenters. The number of phenols is 5. The minimum atomic E-state index is -0.785. The molecule has 114 valence electrons. The van der Waals surface area contributed by atoms with Crippen molar-refractivity contribution in [3.63, 3.8) is 0 Å². The number of carbonyl (C=O) groups is 1. The highest BCUT2D eigenvalue weighted by molar-refractivity contribution is 5.98. The summed E-state index contributed by atoms with van der Waals surface area (Å²) in [5, 5.41) is 50.4. The van der Waals surface area contributed by atoms with Crippen LogP contribution >= 0.6 is 0 Å². The summed E-state index contributed by atoms with van der Waals surface area (Å²) >= 11 is 0. The van der Waals surface area contributed by atoms with Crippen LogP contribution in [0.2, 0.25) is 0 Å². The Morgan fingerprint density at radius 2 is 1.64 bits per heavy atom. The van der Waals surface area contributed by atoms with E-state index in [0.29, 0.717) is 0 Å². The summed E-state index contributed by atoms with van der Waals surface area (Å²) < 4.78 is 0. The van der Waals surface area contributed by atoms with Crippen LogP contribution < -0.4 is 5.43 Å². The first-order chi connectivity index (χ1) is 10.4. The summed E-state index contributed by atoms with van der Waals surface area (Å²) in [4.78, 5) is 11.8. The first-order valence-corrected chi connectivity index (χ1v) is 5.99. The van der Waals surface area contributed by atoms with E-state index in [4.69, 9.17) is 5.11 Å². The monoisotopic (exact) mass is 304 g/mol. The Morgan fingerprint density at radius 3 is 2.36 bits per heavy atom. The maximum atomic E-state index is 11.8. The van der Waals surface area contributed by atoms with Crippen LogP contribution in [0.4, 0.5) is 0 Å². The van der Waals surface area contributed by atoms with Gasteiger partial charge in [0.15, 0.2) is 11.5 Å². The molecule has 0 heterocycles. The van der Waals surface area contributed by atoms with E-state index in [1.807, 2.05) is 0 Å². The molecule has 0 spiro atoms. The van der Waals surface area contributed by atoms with Gasteiger partial charge in [-0.2, -0.15) is 5.10 Å². The standard InChI is InChI=1S/C14H12N2O6/c17-8-2-4-10(18)9(5-8)14(22)16-15-6-7-1-3-11(19)13(21)12(7)20/h1-6,17-21H,(H,16,22)/b15-6+. The number of phenolic OH excluding ortho intramolecular Hbond substituents is 5. The van der Waals surface area contributed by atoms with E-state index in [-0.39, 0.29) is 22.6 Å². The predicted molar refractivity (Wildman–Crippen MR) is 76.3 cm³/mol. The van der Waals surface area contributed by atoms with Gasteiger partial charge in [-0.25, -0.2) is 5.43 Å². The van der Waals surface area contributed by atoms with Gasteiger partial charge in [-0.1, -0.05) is 0 Å². The summed E-state index contributed by atoms with van der Waals surface area (Å²) in [5.41, 5.74) is 1.95. The minimum absolute atomic E-state index is 0.0516. The highest BCUT2D eigenvalue weighted by Gasteiger charge is 2.12. The molecule has 0 radical (unpaired) electrons. The molecule has 8 nitrogen and oxygen atoms in total. The van der Waals surface area contributed by atoms with Crippen LogP contribution in [0, 0.1) is 0 Å². The Hall–Kier alpha value is -3.42. The lowest BCUT2D eigenvalue weighted by Gasteiger charge is -2.05. The lowest BCUT2D eigenvalue weighted by atomic mass is 10.2. The molecule has 0 saturated carbocycles. The SMILES string of the molecule is O=C(N/N=C/c1ccc(O)c(O)c1O)c1cc(O)ccc1O. The molecule has 6 N–H and O–H groups in total. The van der Waals surface area contributed by atoms with Gasteiger partial charge in [0.05, 0.1) is 11.8 Å². The minimum Gasteiger partial charge on any atom is -0.508 e. The smallest absolute Gasteiger partial charge is 0.275 e. The molecule has 2 aromatic rings. The Morgan fingerprint density at radius 1 is 0.955 bits per heavy atom. The molecule has 0 fully saturated rings. The third-order valence-corrected chi connectivity index (χ3v) is 2.76. The molecule has 0 aliphatic heterocycles. The maximum Gasteiger partial charge on any atom is 0.275 e. The number of nitrogens with zero attached hydrogens (tertiary/aromatic N) is 1. The van der Waals surface area contributed by atoms with Crippen molar-refractivity contribution in [2.24, 2.45) is 5.10 Å². The lowest BCUT2D eigenvalue weighted by molar-refractivity contribution is 0.0952. The molecule has 0 bridgehead atoms. The molecule has 2 aromatic carbocycles. The van der Waals surface area contributed by atoms with E-state index in [1.165, 1.54) is 12.1 Å². The molecule has 0 aromatic heterocycles. The molecule has 2 rings (SSSR count). The van der Waals surface area contributed by atoms with E-state index in [1.54, 1.807) is 0 Å². The van der Waals surface area contributed by atoms with Crippen molar-refractivity contribution in [3.8, 4) is 28.7 Å². The van der Waals surface area contributed by atoms with Crippen molar-refractivity contribution in [1.82, 2.24) is 5.43 Å². The zero-order valence-corrected chi connectivity index (χ0v) is 11.1. The number of carbonyl (C=O) groups excluding carboxylic acids is 1. The van der Waals surface area contributed by atoms with E-state index in [2.05, 4.69) is 10.5 Å². The Kier molecular flexibility index (Phi) is 4.03. The lowest BCUT2D eigenvalue weighted by Crippen LogP contribution is -2.17. The van der Waals surface area contributed by atoms with Gasteiger partial charge < -0.3 is 25.5 Å². The second-order valence-electron chi connectivity index (χ2n) is 4.27. The number of amides is 1. The molecule has 0 unspecified atom stereocenters. The third kappa shape index (κ3) is 3.01. The Balaban J connectivity index is 2.14. The van der Waals surface area contributed by atoms with Crippen molar-refractivity contribution in [3.05, 3.63) is 41.5 Å². The predicted octanol–water partition coefficient (Wildman–Crippen LogP) is 0.978. The topological polar surface area (TPSA) is 143 Å². The number of hydrogen-bond acceptors (Lipinski definition) is 7. The average Bonchev–Trinajstić information content (AvgIpc) is 2.49. The molecule has 1 amide bonds. The van der Waals surface area contributed by atoms with Gasteiger partial charge in [0.2, 0.25) is 5.75 Å². The fourth-order valence-corrected chi connectivity index (χ4v) is 1.62. The van der Waals surface area contributed by atoms with Gasteiger partial charge >= 0.3 is 0 Å². The van der Waals surface area contributed by atoms with Crippen LogP contribution in [0.5, 0.6) is 28.7 Å². The van der Waals surface area contributed by atoms with Gasteiger partial charge in [-0.15, -0.1) is 0 Å². The van der Waals surface area contributed by atoms with Crippen LogP contribution in [0.1, 0.15) is 15.9 Å². The third-order valence-electron chi connectivity index (χ3n) is 2.76. The highest BCUT2D eigenvalue weighted by Crippen LogP contribution is 2.36. The summed E-state index contributed by atoms with van der Waals surface area (Å²) in [6.07, 6.45) is 1.03. The molecular weight excluding hydrogens is 292 g/mol. The summed E-state index contributed by atoms with van der Waals surface area (Å²) in [5.74, 6) is -3.13. The molecular formula is C14H12N2O6. The second kappa shape index (κ2) is 5.92. The number of rotatable bonds is 3. The van der Waals surface area contributed by atoms with Gasteiger partial charge in [0.1, 0.15) is 11.5 Å². The average molecular weight is 304 g/mol. The van der Waals surface area contributed by atoms with Crippen molar-refractivity contribution in [2.75, 3.05) is 0 Å². The van der Waals surface area contributed by atoms with Crippen LogP contribution in [0.15, 0.2) is 35.4 Å². The molecule has 8 heteroatoms. The van der Waals surface area contributed by atoms with Gasteiger partial charge in [0, 0.05) is 5.56 Å². The van der Waals surface area contributed by atoms with Crippen molar-refractivity contribution in [2.45, 2.75) is 0 Å². The van der Waals surface area contributed by atoms with Crippen LogP contribution in [0.25, 0.3) is 0 Å². The van der Waals surface area contributed by atoms with Gasteiger partial charge in [0.25, 0.3) is 5.91 Å². The zero-order valence-electron chi connectivity index (χ0n) is 11.1. The normalized spacial score (nSPS) is 10.7. The fraction of sp³-hybridized carbons (Fsp3) is 0. The number of aromatic hydroxyl groups is 5. The molecule has 0 aliphatic rings. The van der Waals surface area contributed by atoms with Crippen LogP contribution in [0.3, 0.4) is 0 Å². The summed E-state index contributed by atoms with van der Waals surface area (Å²) in [6, 6.07) is 5.83. The largest absolute Gasteiger partial charge is 0.508 e. The van der Waals surface area contributed by atoms with Crippen molar-refractivity contribution >= 4 is 12.1 Å². The van der Waals surface area contributed by atoms with Crippen molar-refractivity contribution in [1.29, 1.82) is 0 Å². The first kappa shape index (κ1) is 15.0. The van der Waals surface area contributed by atoms with Crippen LogP contribution in [-0.4, -0.2) is 37.7 Å². The quantitative estimate of drug-likeness (QED) is 0.216. The number of hydrogen-bond donors (Lipinski definition) is 6. The Labute approximate surface area is 124 Å².